The van der Waals surface area contributed by atoms with Crippen molar-refractivity contribution in [2.75, 3.05) is 27.7 Å². The molecule has 1 aromatic rings. The zero-order chi connectivity index (χ0) is 13.3. The monoisotopic (exact) mass is 303 g/mol. The minimum atomic E-state index is 0. The van der Waals surface area contributed by atoms with Crippen molar-refractivity contribution in [3.05, 3.63) is 28.3 Å². The summed E-state index contributed by atoms with van der Waals surface area (Å²) < 4.78 is 5.31. The standard InChI is InChI=1S/C14H18ClNO2.ClH/c1-16(2)8-9-4-5-10-12(18-3)7-6-11(15)13(10)14(9)17;/h6-7,9H,4-5,8H2,1-3H3;1H. The number of halogens is 2. The smallest absolute Gasteiger partial charge is 0.169 e. The van der Waals surface area contributed by atoms with E-state index in [1.807, 2.05) is 25.1 Å². The summed E-state index contributed by atoms with van der Waals surface area (Å²) in [6.07, 6.45) is 1.71. The molecule has 0 spiro atoms. The molecule has 0 bridgehead atoms. The van der Waals surface area contributed by atoms with Crippen LogP contribution in [0.25, 0.3) is 0 Å². The van der Waals surface area contributed by atoms with E-state index in [0.29, 0.717) is 10.6 Å². The fourth-order valence-electron chi connectivity index (χ4n) is 2.57. The molecule has 1 aliphatic rings. The first kappa shape index (κ1) is 16.3. The van der Waals surface area contributed by atoms with Crippen LogP contribution in [0.2, 0.25) is 5.02 Å². The first-order valence-corrected chi connectivity index (χ1v) is 6.46. The zero-order valence-electron chi connectivity index (χ0n) is 11.4. The number of hydrogen-bond donors (Lipinski definition) is 0. The average Bonchev–Trinajstić information content (AvgIpc) is 2.32. The molecule has 2 rings (SSSR count). The lowest BCUT2D eigenvalue weighted by Crippen LogP contribution is -2.32. The van der Waals surface area contributed by atoms with Crippen molar-refractivity contribution in [3.8, 4) is 5.75 Å². The number of nitrogens with zero attached hydrogens (tertiary/aromatic N) is 1. The van der Waals surface area contributed by atoms with Crippen LogP contribution in [-0.4, -0.2) is 38.4 Å². The molecular formula is C14H19Cl2NO2. The maximum Gasteiger partial charge on any atom is 0.169 e. The molecule has 1 atom stereocenters. The number of carbonyl (C=O) groups is 1. The molecule has 106 valence electrons. The van der Waals surface area contributed by atoms with E-state index >= 15 is 0 Å². The SMILES string of the molecule is COc1ccc(Cl)c2c1CCC(CN(C)C)C2=O.Cl. The number of ether oxygens (including phenoxy) is 1. The Morgan fingerprint density at radius 1 is 1.42 bits per heavy atom. The number of Topliss-reactive ketones (excluding diaryl/α,β-unsaturated/α-hetero) is 1. The van der Waals surface area contributed by atoms with Gasteiger partial charge < -0.3 is 9.64 Å². The molecule has 0 aliphatic heterocycles. The third-order valence-electron chi connectivity index (χ3n) is 3.38. The van der Waals surface area contributed by atoms with Gasteiger partial charge in [0.2, 0.25) is 0 Å². The Morgan fingerprint density at radius 3 is 2.68 bits per heavy atom. The lowest BCUT2D eigenvalue weighted by atomic mass is 9.82. The molecule has 0 heterocycles. The van der Waals surface area contributed by atoms with E-state index < -0.39 is 0 Å². The molecule has 0 N–H and O–H groups in total. The molecular weight excluding hydrogens is 285 g/mol. The highest BCUT2D eigenvalue weighted by Crippen LogP contribution is 2.36. The van der Waals surface area contributed by atoms with Crippen LogP contribution in [0.4, 0.5) is 0 Å². The third kappa shape index (κ3) is 3.22. The molecule has 19 heavy (non-hydrogen) atoms. The lowest BCUT2D eigenvalue weighted by molar-refractivity contribution is 0.0876. The Kier molecular flexibility index (Phi) is 5.65. The van der Waals surface area contributed by atoms with Gasteiger partial charge in [0.25, 0.3) is 0 Å². The molecule has 1 aliphatic carbocycles. The maximum atomic E-state index is 12.5. The first-order valence-electron chi connectivity index (χ1n) is 6.09. The summed E-state index contributed by atoms with van der Waals surface area (Å²) in [6.45, 7) is 0.770. The molecule has 1 aromatic carbocycles. The molecule has 1 unspecified atom stereocenters. The highest BCUT2D eigenvalue weighted by atomic mass is 35.5. The van der Waals surface area contributed by atoms with E-state index in [4.69, 9.17) is 16.3 Å². The number of methoxy groups -OCH3 is 1. The molecule has 3 nitrogen and oxygen atoms in total. The van der Waals surface area contributed by atoms with Crippen LogP contribution in [-0.2, 0) is 6.42 Å². The summed E-state index contributed by atoms with van der Waals surface area (Å²) in [5.74, 6) is 0.956. The van der Waals surface area contributed by atoms with Crippen LogP contribution in [0.3, 0.4) is 0 Å². The molecule has 0 fully saturated rings. The van der Waals surface area contributed by atoms with Crippen molar-refractivity contribution in [2.24, 2.45) is 5.92 Å². The summed E-state index contributed by atoms with van der Waals surface area (Å²) >= 11 is 6.18. The second kappa shape index (κ2) is 6.60. The van der Waals surface area contributed by atoms with Crippen molar-refractivity contribution in [3.63, 3.8) is 0 Å². The summed E-state index contributed by atoms with van der Waals surface area (Å²) in [5.41, 5.74) is 1.62. The van der Waals surface area contributed by atoms with E-state index in [1.54, 1.807) is 13.2 Å². The minimum Gasteiger partial charge on any atom is -0.496 e. The average molecular weight is 304 g/mol. The van der Waals surface area contributed by atoms with Crippen LogP contribution >= 0.6 is 24.0 Å². The van der Waals surface area contributed by atoms with Gasteiger partial charge in [-0.05, 0) is 39.1 Å². The molecule has 0 saturated carbocycles. The van der Waals surface area contributed by atoms with Crippen molar-refractivity contribution < 1.29 is 9.53 Å². The Hall–Kier alpha value is -0.770. The highest BCUT2D eigenvalue weighted by Gasteiger charge is 2.31. The van der Waals surface area contributed by atoms with Crippen LogP contribution in [0.5, 0.6) is 5.75 Å². The second-order valence-electron chi connectivity index (χ2n) is 4.97. The topological polar surface area (TPSA) is 29.5 Å². The predicted molar refractivity (Wildman–Crippen MR) is 79.9 cm³/mol. The number of ketones is 1. The van der Waals surface area contributed by atoms with Gasteiger partial charge in [-0.2, -0.15) is 0 Å². The fourth-order valence-corrected chi connectivity index (χ4v) is 2.84. The predicted octanol–water partition coefficient (Wildman–Crippen LogP) is 3.08. The molecule has 0 amide bonds. The van der Waals surface area contributed by atoms with Crippen LogP contribution in [0.15, 0.2) is 12.1 Å². The highest BCUT2D eigenvalue weighted by molar-refractivity contribution is 6.34. The van der Waals surface area contributed by atoms with Crippen LogP contribution in [0, 0.1) is 5.92 Å². The van der Waals surface area contributed by atoms with Gasteiger partial charge in [0.15, 0.2) is 5.78 Å². The molecule has 5 heteroatoms. The summed E-state index contributed by atoms with van der Waals surface area (Å²) in [4.78, 5) is 14.5. The summed E-state index contributed by atoms with van der Waals surface area (Å²) in [6, 6.07) is 3.58. The van der Waals surface area contributed by atoms with Gasteiger partial charge in [0.1, 0.15) is 5.75 Å². The number of hydrogen-bond acceptors (Lipinski definition) is 3. The van der Waals surface area contributed by atoms with Gasteiger partial charge in [-0.1, -0.05) is 11.6 Å². The van der Waals surface area contributed by atoms with Crippen molar-refractivity contribution >= 4 is 29.8 Å². The number of fused-ring (bicyclic) bond motifs is 1. The lowest BCUT2D eigenvalue weighted by Gasteiger charge is -2.27. The van der Waals surface area contributed by atoms with E-state index in [9.17, 15) is 4.79 Å². The fraction of sp³-hybridized carbons (Fsp3) is 0.500. The van der Waals surface area contributed by atoms with Gasteiger partial charge in [0.05, 0.1) is 12.1 Å². The number of benzene rings is 1. The Morgan fingerprint density at radius 2 is 2.11 bits per heavy atom. The maximum absolute atomic E-state index is 12.5. The van der Waals surface area contributed by atoms with Crippen molar-refractivity contribution in [1.29, 1.82) is 0 Å². The first-order chi connectivity index (χ1) is 8.54. The Labute approximate surface area is 125 Å². The van der Waals surface area contributed by atoms with Crippen molar-refractivity contribution in [1.82, 2.24) is 4.90 Å². The van der Waals surface area contributed by atoms with Gasteiger partial charge in [-0.15, -0.1) is 12.4 Å². The quantitative estimate of drug-likeness (QED) is 0.859. The molecule has 0 aromatic heterocycles. The number of carbonyl (C=O) groups excluding carboxylic acids is 1. The number of rotatable bonds is 3. The second-order valence-corrected chi connectivity index (χ2v) is 5.37. The molecule has 0 saturated heterocycles. The summed E-state index contributed by atoms with van der Waals surface area (Å²) in [5, 5.41) is 0.541. The van der Waals surface area contributed by atoms with Crippen molar-refractivity contribution in [2.45, 2.75) is 12.8 Å². The Bertz CT molecular complexity index is 475. The van der Waals surface area contributed by atoms with Gasteiger partial charge >= 0.3 is 0 Å². The normalized spacial score (nSPS) is 17.9. The van der Waals surface area contributed by atoms with E-state index in [1.165, 1.54) is 0 Å². The van der Waals surface area contributed by atoms with Crippen LogP contribution in [0.1, 0.15) is 22.3 Å². The van der Waals surface area contributed by atoms with Gasteiger partial charge in [-0.25, -0.2) is 0 Å². The van der Waals surface area contributed by atoms with E-state index in [-0.39, 0.29) is 24.1 Å². The Balaban J connectivity index is 0.00000180. The molecule has 0 radical (unpaired) electrons. The van der Waals surface area contributed by atoms with Gasteiger partial charge in [-0.3, -0.25) is 4.79 Å². The zero-order valence-corrected chi connectivity index (χ0v) is 13.0. The van der Waals surface area contributed by atoms with Crippen LogP contribution < -0.4 is 4.74 Å². The largest absolute Gasteiger partial charge is 0.496 e. The third-order valence-corrected chi connectivity index (χ3v) is 3.70. The van der Waals surface area contributed by atoms with E-state index in [2.05, 4.69) is 0 Å². The summed E-state index contributed by atoms with van der Waals surface area (Å²) in [7, 11) is 5.59. The van der Waals surface area contributed by atoms with E-state index in [0.717, 1.165) is 30.7 Å². The van der Waals surface area contributed by atoms with Gasteiger partial charge in [0, 0.05) is 23.6 Å². The minimum absolute atomic E-state index is 0.